The second-order valence-electron chi connectivity index (χ2n) is 7.25. The maximum atomic E-state index is 11.2. The zero-order valence-electron chi connectivity index (χ0n) is 17.9. The Labute approximate surface area is 178 Å². The van der Waals surface area contributed by atoms with Crippen LogP contribution in [-0.4, -0.2) is 41.8 Å². The Kier molecular flexibility index (Phi) is 8.68. The molecular formula is C24H30N2O2S. The average Bonchev–Trinajstić information content (AvgIpc) is 2.69. The topological polar surface area (TPSA) is 41.9 Å². The van der Waals surface area contributed by atoms with E-state index in [-0.39, 0.29) is 5.78 Å². The van der Waals surface area contributed by atoms with Gasteiger partial charge in [-0.2, -0.15) is 0 Å². The van der Waals surface area contributed by atoms with Gasteiger partial charge in [-0.05, 0) is 57.8 Å². The highest BCUT2D eigenvalue weighted by Crippen LogP contribution is 2.27. The van der Waals surface area contributed by atoms with E-state index in [1.807, 2.05) is 32.3 Å². The molecule has 0 heterocycles. The van der Waals surface area contributed by atoms with E-state index >= 15 is 0 Å². The van der Waals surface area contributed by atoms with Gasteiger partial charge in [0.25, 0.3) is 0 Å². The van der Waals surface area contributed by atoms with Crippen LogP contribution in [0.15, 0.2) is 77.0 Å². The second kappa shape index (κ2) is 11.0. The molecule has 0 saturated carbocycles. The normalized spacial score (nSPS) is 14.2. The maximum Gasteiger partial charge on any atom is 0.155 e. The van der Waals surface area contributed by atoms with Crippen LogP contribution in [0, 0.1) is 0 Å². The number of nitrogens with zero attached hydrogens (tertiary/aromatic N) is 2. The zero-order valence-corrected chi connectivity index (χ0v) is 18.7. The summed E-state index contributed by atoms with van der Waals surface area (Å²) >= 11 is 1.81. The molecule has 0 bridgehead atoms. The number of carbonyl (C=O) groups excluding carboxylic acids is 1. The van der Waals surface area contributed by atoms with Crippen LogP contribution in [0.5, 0.6) is 0 Å². The van der Waals surface area contributed by atoms with Crippen molar-refractivity contribution in [1.82, 2.24) is 4.90 Å². The first kappa shape index (κ1) is 22.9. The number of benzene rings is 2. The summed E-state index contributed by atoms with van der Waals surface area (Å²) in [4.78, 5) is 20.0. The summed E-state index contributed by atoms with van der Waals surface area (Å²) in [5, 5.41) is 4.46. The van der Waals surface area contributed by atoms with Crippen LogP contribution in [0.3, 0.4) is 0 Å². The highest BCUT2D eigenvalue weighted by Gasteiger charge is 2.35. The number of carbonyl (C=O) groups is 1. The Bertz CT molecular complexity index is 845. The Hall–Kier alpha value is -2.37. The van der Waals surface area contributed by atoms with Crippen LogP contribution in [0.25, 0.3) is 0 Å². The van der Waals surface area contributed by atoms with E-state index in [0.29, 0.717) is 0 Å². The zero-order chi connectivity index (χ0) is 21.3. The molecule has 0 aliphatic carbocycles. The van der Waals surface area contributed by atoms with Gasteiger partial charge in [-0.1, -0.05) is 54.5 Å². The minimum Gasteiger partial charge on any atom is -0.364 e. The molecule has 5 heteroatoms. The van der Waals surface area contributed by atoms with Crippen molar-refractivity contribution >= 4 is 23.3 Å². The number of oxime groups is 1. The molecule has 0 saturated heterocycles. The molecule has 1 atom stereocenters. The minimum atomic E-state index is -0.412. The van der Waals surface area contributed by atoms with Gasteiger partial charge in [0, 0.05) is 16.5 Å². The Morgan fingerprint density at radius 1 is 1.14 bits per heavy atom. The molecule has 0 spiro atoms. The Morgan fingerprint density at radius 2 is 1.79 bits per heavy atom. The summed E-state index contributed by atoms with van der Waals surface area (Å²) in [7, 11) is 4.09. The lowest BCUT2D eigenvalue weighted by atomic mass is 9.83. The van der Waals surface area contributed by atoms with E-state index in [2.05, 4.69) is 60.3 Å². The van der Waals surface area contributed by atoms with Crippen LogP contribution in [0.2, 0.25) is 0 Å². The highest BCUT2D eigenvalue weighted by molar-refractivity contribution is 7.99. The van der Waals surface area contributed by atoms with Gasteiger partial charge in [-0.3, -0.25) is 9.69 Å². The molecule has 1 unspecified atom stereocenters. The summed E-state index contributed by atoms with van der Waals surface area (Å²) in [5.41, 5.74) is 2.61. The molecule has 0 radical (unpaired) electrons. The third-order valence-corrected chi connectivity index (χ3v) is 5.73. The second-order valence-corrected chi connectivity index (χ2v) is 8.58. The molecule has 0 aliphatic rings. The fraction of sp³-hybridized carbons (Fsp3) is 0.333. The molecule has 29 heavy (non-hydrogen) atoms. The van der Waals surface area contributed by atoms with Gasteiger partial charge < -0.3 is 4.84 Å². The van der Waals surface area contributed by atoms with E-state index in [1.54, 1.807) is 11.8 Å². The van der Waals surface area contributed by atoms with Gasteiger partial charge in [0.2, 0.25) is 0 Å². The van der Waals surface area contributed by atoms with Crippen molar-refractivity contribution < 1.29 is 9.63 Å². The lowest BCUT2D eigenvalue weighted by molar-refractivity contribution is -0.112. The standard InChI is InChI=1S/C24H30N2O2S/c1-6-29-22-14-12-21(13-15-22)23(25-28-17-16-19(2)27)24(3,26(4)5)18-20-10-8-7-9-11-20/h7-17H,6,18H2,1-5H3/b17-16-,25-23-. The van der Waals surface area contributed by atoms with E-state index in [4.69, 9.17) is 4.84 Å². The third-order valence-electron chi connectivity index (χ3n) is 4.83. The van der Waals surface area contributed by atoms with Crippen LogP contribution in [-0.2, 0) is 16.1 Å². The van der Waals surface area contributed by atoms with Gasteiger partial charge in [0.05, 0.1) is 5.54 Å². The van der Waals surface area contributed by atoms with Crippen LogP contribution in [0.1, 0.15) is 31.9 Å². The van der Waals surface area contributed by atoms with Crippen molar-refractivity contribution in [2.24, 2.45) is 5.16 Å². The monoisotopic (exact) mass is 410 g/mol. The first-order chi connectivity index (χ1) is 13.9. The average molecular weight is 411 g/mol. The number of ketones is 1. The molecule has 154 valence electrons. The lowest BCUT2D eigenvalue weighted by Crippen LogP contribution is -2.50. The third kappa shape index (κ3) is 6.58. The molecule has 2 aromatic carbocycles. The summed E-state index contributed by atoms with van der Waals surface area (Å²) < 4.78 is 0. The van der Waals surface area contributed by atoms with E-state index < -0.39 is 5.54 Å². The number of hydrogen-bond acceptors (Lipinski definition) is 5. The van der Waals surface area contributed by atoms with Gasteiger partial charge in [-0.25, -0.2) is 0 Å². The molecule has 2 rings (SSSR count). The molecule has 0 aliphatic heterocycles. The largest absolute Gasteiger partial charge is 0.364 e. The van der Waals surface area contributed by atoms with Gasteiger partial charge >= 0.3 is 0 Å². The molecule has 0 N–H and O–H groups in total. The Morgan fingerprint density at radius 3 is 2.34 bits per heavy atom. The minimum absolute atomic E-state index is 0.0812. The summed E-state index contributed by atoms with van der Waals surface area (Å²) in [6.45, 7) is 5.78. The highest BCUT2D eigenvalue weighted by atomic mass is 32.2. The van der Waals surface area contributed by atoms with Crippen LogP contribution < -0.4 is 0 Å². The molecule has 2 aromatic rings. The number of rotatable bonds is 10. The fourth-order valence-electron chi connectivity index (χ4n) is 2.99. The van der Waals surface area contributed by atoms with Gasteiger partial charge in [0.15, 0.2) is 5.78 Å². The van der Waals surface area contributed by atoms with Crippen molar-refractivity contribution in [1.29, 1.82) is 0 Å². The predicted octanol–water partition coefficient (Wildman–Crippen LogP) is 5.19. The number of thioether (sulfide) groups is 1. The smallest absolute Gasteiger partial charge is 0.155 e. The SMILES string of the molecule is CCSc1ccc(/C(=N/O/C=C\C(C)=O)C(C)(Cc2ccccc2)N(C)C)cc1. The molecule has 0 aromatic heterocycles. The van der Waals surface area contributed by atoms with Crippen molar-refractivity contribution in [3.05, 3.63) is 78.1 Å². The number of allylic oxidation sites excluding steroid dienone is 1. The lowest BCUT2D eigenvalue weighted by Gasteiger charge is -2.37. The molecule has 0 amide bonds. The van der Waals surface area contributed by atoms with Gasteiger partial charge in [0.1, 0.15) is 12.0 Å². The number of hydrogen-bond donors (Lipinski definition) is 0. The van der Waals surface area contributed by atoms with E-state index in [9.17, 15) is 4.79 Å². The van der Waals surface area contributed by atoms with Crippen molar-refractivity contribution in [3.63, 3.8) is 0 Å². The first-order valence-corrected chi connectivity index (χ1v) is 10.7. The summed E-state index contributed by atoms with van der Waals surface area (Å²) in [6, 6.07) is 18.8. The first-order valence-electron chi connectivity index (χ1n) is 9.73. The molecular weight excluding hydrogens is 380 g/mol. The molecule has 4 nitrogen and oxygen atoms in total. The Balaban J connectivity index is 2.46. The van der Waals surface area contributed by atoms with Crippen molar-refractivity contribution in [2.45, 2.75) is 37.6 Å². The van der Waals surface area contributed by atoms with Crippen molar-refractivity contribution in [2.75, 3.05) is 19.8 Å². The van der Waals surface area contributed by atoms with Crippen LogP contribution in [0.4, 0.5) is 0 Å². The predicted molar refractivity (Wildman–Crippen MR) is 123 cm³/mol. The van der Waals surface area contributed by atoms with Gasteiger partial charge in [-0.15, -0.1) is 11.8 Å². The van der Waals surface area contributed by atoms with Crippen molar-refractivity contribution in [3.8, 4) is 0 Å². The summed E-state index contributed by atoms with van der Waals surface area (Å²) in [6.07, 6.45) is 3.47. The fourth-order valence-corrected chi connectivity index (χ4v) is 3.66. The van der Waals surface area contributed by atoms with Crippen LogP contribution >= 0.6 is 11.8 Å². The van der Waals surface area contributed by atoms with E-state index in [0.717, 1.165) is 23.4 Å². The quantitative estimate of drug-likeness (QED) is 0.178. The van der Waals surface area contributed by atoms with E-state index in [1.165, 1.54) is 29.7 Å². The maximum absolute atomic E-state index is 11.2. The summed E-state index contributed by atoms with van der Waals surface area (Å²) in [5.74, 6) is 0.949. The number of likely N-dealkylation sites (N-methyl/N-ethyl adjacent to an activating group) is 1. The molecule has 0 fully saturated rings.